The smallest absolute Gasteiger partial charge is 0.328 e. The Morgan fingerprint density at radius 2 is 1.53 bits per heavy atom. The number of aliphatic carboxylic acids is 4. The maximum Gasteiger partial charge on any atom is 0.328 e. The molecule has 0 radical (unpaired) electrons. The van der Waals surface area contributed by atoms with Crippen molar-refractivity contribution >= 4 is 35.5 Å². The number of ether oxygens (including phenoxy) is 2. The van der Waals surface area contributed by atoms with Crippen molar-refractivity contribution in [2.24, 2.45) is 11.3 Å². The molecule has 0 unspecified atom stereocenters. The van der Waals surface area contributed by atoms with E-state index < -0.39 is 23.9 Å². The topological polar surface area (TPSA) is 189 Å². The van der Waals surface area contributed by atoms with E-state index >= 15 is 0 Å². The molecule has 244 valence electrons. The van der Waals surface area contributed by atoms with Crippen LogP contribution in [-0.4, -0.2) is 90.6 Å². The Labute approximate surface area is 265 Å². The average Bonchev–Trinajstić information content (AvgIpc) is 3.49. The Bertz CT molecular complexity index is 1330. The Morgan fingerprint density at radius 3 is 2.04 bits per heavy atom. The summed E-state index contributed by atoms with van der Waals surface area (Å²) in [6, 6.07) is 5.97. The normalized spacial score (nSPS) is 21.3. The second-order valence-corrected chi connectivity index (χ2v) is 12.0. The number of hydrogen-bond acceptors (Lipinski definition) is 8. The number of aromatic nitrogens is 2. The summed E-state index contributed by atoms with van der Waals surface area (Å²) in [6.07, 6.45) is 11.7. The van der Waals surface area contributed by atoms with E-state index in [2.05, 4.69) is 34.4 Å². The van der Waals surface area contributed by atoms with E-state index in [0.29, 0.717) is 35.2 Å². The van der Waals surface area contributed by atoms with Crippen LogP contribution in [-0.2, 0) is 30.5 Å². The molecule has 0 bridgehead atoms. The van der Waals surface area contributed by atoms with Gasteiger partial charge in [0.1, 0.15) is 11.4 Å². The van der Waals surface area contributed by atoms with Gasteiger partial charge >= 0.3 is 23.9 Å². The second kappa shape index (κ2) is 15.7. The van der Waals surface area contributed by atoms with E-state index in [0.717, 1.165) is 44.1 Å². The number of carbonyl (C=O) groups is 4. The molecule has 2 aromatic rings. The van der Waals surface area contributed by atoms with Gasteiger partial charge in [-0.1, -0.05) is 17.7 Å². The third kappa shape index (κ3) is 10.7. The first kappa shape index (κ1) is 35.3. The lowest BCUT2D eigenvalue weighted by Crippen LogP contribution is -2.54. The second-order valence-electron chi connectivity index (χ2n) is 11.6. The van der Waals surface area contributed by atoms with E-state index in [1.807, 2.05) is 30.9 Å². The minimum absolute atomic E-state index is 0.107. The van der Waals surface area contributed by atoms with E-state index in [4.69, 9.17) is 41.5 Å². The van der Waals surface area contributed by atoms with Crippen LogP contribution in [0.3, 0.4) is 0 Å². The quantitative estimate of drug-likeness (QED) is 0.317. The zero-order valence-electron chi connectivity index (χ0n) is 25.0. The van der Waals surface area contributed by atoms with Gasteiger partial charge in [-0.05, 0) is 63.7 Å². The summed E-state index contributed by atoms with van der Waals surface area (Å²) < 4.78 is 15.2. The van der Waals surface area contributed by atoms with Gasteiger partial charge in [-0.25, -0.2) is 24.2 Å². The van der Waals surface area contributed by atoms with E-state index in [9.17, 15) is 19.2 Å². The summed E-state index contributed by atoms with van der Waals surface area (Å²) in [6.45, 7) is 9.64. The molecule has 13 nitrogen and oxygen atoms in total. The summed E-state index contributed by atoms with van der Waals surface area (Å²) >= 11 is 6.20. The molecule has 45 heavy (non-hydrogen) atoms. The van der Waals surface area contributed by atoms with Crippen LogP contribution in [0.5, 0.6) is 5.75 Å². The highest BCUT2D eigenvalue weighted by Gasteiger charge is 2.52. The molecule has 5 rings (SSSR count). The number of nitrogens with zero attached hydrogens (tertiary/aromatic N) is 3. The maximum absolute atomic E-state index is 9.55. The molecule has 3 aliphatic heterocycles. The van der Waals surface area contributed by atoms with Crippen LogP contribution in [0, 0.1) is 11.3 Å². The number of benzene rings is 1. The van der Waals surface area contributed by atoms with Crippen LogP contribution in [0.25, 0.3) is 0 Å². The first-order chi connectivity index (χ1) is 21.2. The summed E-state index contributed by atoms with van der Waals surface area (Å²) in [7, 11) is 0. The molecule has 3 aliphatic rings. The largest absolute Gasteiger partial charge is 0.487 e. The van der Waals surface area contributed by atoms with Gasteiger partial charge < -0.3 is 39.4 Å². The molecule has 1 spiro atoms. The molecule has 0 amide bonds. The van der Waals surface area contributed by atoms with Gasteiger partial charge in [0.2, 0.25) is 0 Å². The van der Waals surface area contributed by atoms with Crippen molar-refractivity contribution < 1.29 is 49.1 Å². The number of hydrogen-bond donors (Lipinski definition) is 4. The number of carboxylic acid groups (broad SMARTS) is 4. The van der Waals surface area contributed by atoms with Crippen LogP contribution in [0.1, 0.15) is 44.8 Å². The molecule has 1 aromatic carbocycles. The van der Waals surface area contributed by atoms with Gasteiger partial charge in [0, 0.05) is 66.3 Å². The SMILES string of the molecule is CC1(C)Oc2cc(Cl)ccc2[C@H]2OCC3(CCN(CCn4ccnc4)CC3)C[C@@H]21.O=C(O)/C=C/C(=O)O.O=C(O)/C=C/C(=O)O. The van der Waals surface area contributed by atoms with E-state index in [1.165, 1.54) is 19.3 Å². The number of likely N-dealkylation sites (tertiary alicyclic amines) is 1. The number of imidazole rings is 1. The first-order valence-electron chi connectivity index (χ1n) is 14.3. The number of carboxylic acids is 4. The van der Waals surface area contributed by atoms with Crippen molar-refractivity contribution in [3.8, 4) is 5.75 Å². The number of rotatable bonds is 7. The third-order valence-electron chi connectivity index (χ3n) is 8.02. The van der Waals surface area contributed by atoms with Gasteiger partial charge in [0.25, 0.3) is 0 Å². The average molecular weight is 648 g/mol. The van der Waals surface area contributed by atoms with Gasteiger partial charge in [0.05, 0.1) is 19.0 Å². The summed E-state index contributed by atoms with van der Waals surface area (Å²) in [4.78, 5) is 44.9. The fourth-order valence-electron chi connectivity index (χ4n) is 5.68. The van der Waals surface area contributed by atoms with Gasteiger partial charge in [-0.3, -0.25) is 0 Å². The molecule has 0 aliphatic carbocycles. The predicted molar refractivity (Wildman–Crippen MR) is 162 cm³/mol. The standard InChI is InChI=1S/C23H30ClN3O2.2C4H4O4/c1-22(2)19-14-23(5-8-26(9-6-23)11-12-27-10-7-25-16-27)15-28-21(19)18-4-3-17(24)13-20(18)29-22;2*5-3(6)1-2-4(7)8/h3-4,7,10,13,16,19,21H,5-6,8-9,11-12,14-15H2,1-2H3;2*1-2H,(H,5,6)(H,7,8)/b;2*2-1+/t19-,21+;;/m0../s1. The molecular formula is C31H38ClN3O10. The minimum Gasteiger partial charge on any atom is -0.487 e. The van der Waals surface area contributed by atoms with E-state index in [-0.39, 0.29) is 17.1 Å². The van der Waals surface area contributed by atoms with Crippen LogP contribution in [0.2, 0.25) is 5.02 Å². The highest BCUT2D eigenvalue weighted by Crippen LogP contribution is 2.55. The van der Waals surface area contributed by atoms with Crippen molar-refractivity contribution in [3.05, 3.63) is 71.8 Å². The molecule has 2 atom stereocenters. The van der Waals surface area contributed by atoms with E-state index in [1.54, 1.807) is 0 Å². The van der Waals surface area contributed by atoms with Crippen molar-refractivity contribution in [1.29, 1.82) is 0 Å². The number of piperidine rings is 1. The molecule has 2 saturated heterocycles. The van der Waals surface area contributed by atoms with Crippen LogP contribution >= 0.6 is 11.6 Å². The zero-order chi connectivity index (χ0) is 33.2. The maximum atomic E-state index is 9.55. The Balaban J connectivity index is 0.000000287. The van der Waals surface area contributed by atoms with Gasteiger partial charge in [0.15, 0.2) is 0 Å². The van der Waals surface area contributed by atoms with Crippen molar-refractivity contribution in [1.82, 2.24) is 14.5 Å². The molecule has 2 fully saturated rings. The molecule has 0 saturated carbocycles. The molecular weight excluding hydrogens is 610 g/mol. The molecule has 14 heteroatoms. The van der Waals surface area contributed by atoms with Crippen molar-refractivity contribution in [2.75, 3.05) is 26.2 Å². The number of fused-ring (bicyclic) bond motifs is 3. The van der Waals surface area contributed by atoms with Crippen LogP contribution in [0.4, 0.5) is 0 Å². The van der Waals surface area contributed by atoms with Crippen LogP contribution in [0.15, 0.2) is 61.2 Å². The Hall–Kier alpha value is -4.20. The zero-order valence-corrected chi connectivity index (χ0v) is 25.8. The highest BCUT2D eigenvalue weighted by atomic mass is 35.5. The lowest BCUT2D eigenvalue weighted by molar-refractivity contribution is -0.174. The Kier molecular flexibility index (Phi) is 12.3. The van der Waals surface area contributed by atoms with Gasteiger partial charge in [-0.2, -0.15) is 0 Å². The monoisotopic (exact) mass is 647 g/mol. The fourth-order valence-corrected chi connectivity index (χ4v) is 5.85. The fraction of sp³-hybridized carbons (Fsp3) is 0.452. The lowest BCUT2D eigenvalue weighted by Gasteiger charge is -2.54. The lowest BCUT2D eigenvalue weighted by atomic mass is 9.64. The highest BCUT2D eigenvalue weighted by molar-refractivity contribution is 6.30. The Morgan fingerprint density at radius 1 is 0.956 bits per heavy atom. The molecule has 4 heterocycles. The number of halogens is 1. The molecule has 4 N–H and O–H groups in total. The minimum atomic E-state index is -1.26. The molecule has 1 aromatic heterocycles. The van der Waals surface area contributed by atoms with Crippen LogP contribution < -0.4 is 4.74 Å². The summed E-state index contributed by atoms with van der Waals surface area (Å²) in [5.74, 6) is -3.78. The van der Waals surface area contributed by atoms with Gasteiger partial charge in [-0.15, -0.1) is 0 Å². The predicted octanol–water partition coefficient (Wildman–Crippen LogP) is 3.99. The summed E-state index contributed by atoms with van der Waals surface area (Å²) in [5.41, 5.74) is 1.18. The first-order valence-corrected chi connectivity index (χ1v) is 14.6. The van der Waals surface area contributed by atoms with Crippen molar-refractivity contribution in [2.45, 2.75) is 51.4 Å². The van der Waals surface area contributed by atoms with Crippen molar-refractivity contribution in [3.63, 3.8) is 0 Å². The third-order valence-corrected chi connectivity index (χ3v) is 8.26. The summed E-state index contributed by atoms with van der Waals surface area (Å²) in [5, 5.41) is 32.0.